The molecule has 13 heteroatoms. The molecule has 2 amide bonds. The van der Waals surface area contributed by atoms with Gasteiger partial charge in [0.15, 0.2) is 0 Å². The van der Waals surface area contributed by atoms with Crippen molar-refractivity contribution < 1.29 is 45.1 Å². The number of nitrogens with two attached hydrogens (primary N) is 1. The Labute approximate surface area is 231 Å². The first-order chi connectivity index (χ1) is 19.2. The van der Waals surface area contributed by atoms with E-state index in [4.69, 9.17) is 10.5 Å². The number of hydrogen-bond acceptors (Lipinski definition) is 4. The highest BCUT2D eigenvalue weighted by atomic mass is 19.4. The smallest absolute Gasteiger partial charge is 0.419 e. The Balaban J connectivity index is 1.66. The minimum atomic E-state index is -5.03. The minimum Gasteiger partial charge on any atom is -0.496 e. The van der Waals surface area contributed by atoms with Crippen LogP contribution in [0.2, 0.25) is 0 Å². The average molecular weight is 588 g/mol. The topological polar surface area (TPSA) is 93.4 Å². The predicted octanol–water partition coefficient (Wildman–Crippen LogP) is 5.63. The van der Waals surface area contributed by atoms with E-state index in [1.807, 2.05) is 0 Å². The molecular weight excluding hydrogens is 559 g/mol. The van der Waals surface area contributed by atoms with Gasteiger partial charge in [-0.3, -0.25) is 9.59 Å². The molecule has 2 aromatic carbocycles. The third-order valence-corrected chi connectivity index (χ3v) is 7.55. The summed E-state index contributed by atoms with van der Waals surface area (Å²) in [5.41, 5.74) is 4.41. The molecule has 0 aliphatic heterocycles. The third-order valence-electron chi connectivity index (χ3n) is 7.55. The van der Waals surface area contributed by atoms with Crippen molar-refractivity contribution in [3.8, 4) is 5.75 Å². The van der Waals surface area contributed by atoms with Gasteiger partial charge in [0.05, 0.1) is 24.2 Å². The Morgan fingerprint density at radius 1 is 1.05 bits per heavy atom. The first kappa shape index (κ1) is 30.4. The van der Waals surface area contributed by atoms with Gasteiger partial charge in [-0.2, -0.15) is 26.3 Å². The maximum Gasteiger partial charge on any atom is 0.419 e. The van der Waals surface area contributed by atoms with Crippen LogP contribution < -0.4 is 21.1 Å². The molecule has 2 aliphatic carbocycles. The lowest BCUT2D eigenvalue weighted by Gasteiger charge is -2.30. The summed E-state index contributed by atoms with van der Waals surface area (Å²) in [4.78, 5) is 26.8. The van der Waals surface area contributed by atoms with Crippen LogP contribution in [0.15, 0.2) is 48.0 Å². The number of anilines is 1. The number of methoxy groups -OCH3 is 1. The number of fused-ring (bicyclic) bond motifs is 2. The van der Waals surface area contributed by atoms with E-state index in [0.717, 1.165) is 11.6 Å². The largest absolute Gasteiger partial charge is 0.496 e. The van der Waals surface area contributed by atoms with E-state index in [1.54, 1.807) is 18.2 Å². The summed E-state index contributed by atoms with van der Waals surface area (Å²) >= 11 is 0. The molecule has 0 radical (unpaired) electrons. The number of halogens is 7. The first-order valence-electron chi connectivity index (χ1n) is 12.9. The molecule has 2 aromatic rings. The molecule has 2 saturated carbocycles. The van der Waals surface area contributed by atoms with Gasteiger partial charge in [0.1, 0.15) is 11.6 Å². The lowest BCUT2D eigenvalue weighted by molar-refractivity contribution is -0.140. The number of carbonyl (C=O) groups is 2. The SMILES string of the molecule is COc1ccc(CCCN)cc1C(=O)N[C@H]1[C@@H](C(=O)Nc2ccc(F)c(C(F)(F)F)c2)[C@H]2CC[C@@H]1/C2=C\C(F)(F)F. The van der Waals surface area contributed by atoms with Gasteiger partial charge < -0.3 is 21.1 Å². The van der Waals surface area contributed by atoms with Crippen molar-refractivity contribution >= 4 is 17.5 Å². The van der Waals surface area contributed by atoms with E-state index in [1.165, 1.54) is 7.11 Å². The van der Waals surface area contributed by atoms with E-state index < -0.39 is 59.3 Å². The van der Waals surface area contributed by atoms with Crippen LogP contribution in [0.3, 0.4) is 0 Å². The number of aryl methyl sites for hydroxylation is 1. The second kappa shape index (κ2) is 11.7. The van der Waals surface area contributed by atoms with Crippen LogP contribution >= 0.6 is 0 Å². The van der Waals surface area contributed by atoms with Gasteiger partial charge in [0.2, 0.25) is 5.91 Å². The zero-order valence-corrected chi connectivity index (χ0v) is 21.8. The number of hydrogen-bond donors (Lipinski definition) is 3. The average Bonchev–Trinajstić information content (AvgIpc) is 3.40. The van der Waals surface area contributed by atoms with Crippen molar-refractivity contribution in [1.29, 1.82) is 0 Å². The van der Waals surface area contributed by atoms with Crippen molar-refractivity contribution in [2.45, 2.75) is 44.1 Å². The number of nitrogens with one attached hydrogen (secondary N) is 2. The first-order valence-corrected chi connectivity index (χ1v) is 12.9. The van der Waals surface area contributed by atoms with Crippen LogP contribution in [0.4, 0.5) is 36.4 Å². The van der Waals surface area contributed by atoms with Crippen molar-refractivity contribution in [1.82, 2.24) is 5.32 Å². The monoisotopic (exact) mass is 587 g/mol. The maximum atomic E-state index is 13.8. The molecule has 2 aliphatic rings. The van der Waals surface area contributed by atoms with Crippen molar-refractivity contribution in [2.75, 3.05) is 19.0 Å². The fourth-order valence-electron chi connectivity index (χ4n) is 5.85. The van der Waals surface area contributed by atoms with Crippen LogP contribution in [0.25, 0.3) is 0 Å². The van der Waals surface area contributed by atoms with Crippen molar-refractivity contribution in [2.24, 2.45) is 23.5 Å². The normalized spacial score (nSPS) is 23.1. The molecule has 0 heterocycles. The van der Waals surface area contributed by atoms with Gasteiger partial charge in [0.25, 0.3) is 5.91 Å². The quantitative estimate of drug-likeness (QED) is 0.276. The number of alkyl halides is 6. The summed E-state index contributed by atoms with van der Waals surface area (Å²) in [5.74, 6) is -5.87. The molecule has 4 rings (SSSR count). The van der Waals surface area contributed by atoms with Gasteiger partial charge >= 0.3 is 12.4 Å². The van der Waals surface area contributed by atoms with Crippen molar-refractivity contribution in [3.05, 3.63) is 70.6 Å². The van der Waals surface area contributed by atoms with Crippen LogP contribution in [0.1, 0.15) is 40.7 Å². The molecule has 0 unspecified atom stereocenters. The van der Waals surface area contributed by atoms with Crippen LogP contribution in [-0.2, 0) is 17.4 Å². The molecular formula is C28H28F7N3O3. The Morgan fingerprint density at radius 2 is 1.76 bits per heavy atom. The predicted molar refractivity (Wildman–Crippen MR) is 135 cm³/mol. The van der Waals surface area contributed by atoms with Crippen molar-refractivity contribution in [3.63, 3.8) is 0 Å². The fourth-order valence-corrected chi connectivity index (χ4v) is 5.85. The van der Waals surface area contributed by atoms with Gasteiger partial charge in [-0.15, -0.1) is 0 Å². The highest BCUT2D eigenvalue weighted by Gasteiger charge is 2.55. The molecule has 0 spiro atoms. The molecule has 6 nitrogen and oxygen atoms in total. The Morgan fingerprint density at radius 3 is 2.39 bits per heavy atom. The Kier molecular flexibility index (Phi) is 8.67. The summed E-state index contributed by atoms with van der Waals surface area (Å²) in [6.07, 6.45) is -7.89. The zero-order chi connectivity index (χ0) is 30.1. The highest BCUT2D eigenvalue weighted by molar-refractivity contribution is 5.99. The number of benzene rings is 2. The van der Waals surface area contributed by atoms with E-state index in [9.17, 15) is 40.3 Å². The van der Waals surface area contributed by atoms with Gasteiger partial charge in [-0.1, -0.05) is 11.6 Å². The van der Waals surface area contributed by atoms with E-state index in [2.05, 4.69) is 10.6 Å². The molecule has 0 aromatic heterocycles. The molecule has 2 fully saturated rings. The second-order valence-electron chi connectivity index (χ2n) is 10.1. The molecule has 4 N–H and O–H groups in total. The Bertz CT molecular complexity index is 1340. The summed E-state index contributed by atoms with van der Waals surface area (Å²) in [5, 5.41) is 5.00. The number of rotatable bonds is 8. The van der Waals surface area contributed by atoms with Gasteiger partial charge in [0, 0.05) is 23.7 Å². The lowest BCUT2D eigenvalue weighted by Crippen LogP contribution is -2.48. The minimum absolute atomic E-state index is 0.0540. The second-order valence-corrected chi connectivity index (χ2v) is 10.1. The van der Waals surface area contributed by atoms with E-state index in [0.29, 0.717) is 31.5 Å². The molecule has 2 bridgehead atoms. The van der Waals surface area contributed by atoms with Gasteiger partial charge in [-0.25, -0.2) is 4.39 Å². The molecule has 222 valence electrons. The summed E-state index contributed by atoms with van der Waals surface area (Å²) in [6.45, 7) is 0.419. The maximum absolute atomic E-state index is 13.8. The fraction of sp³-hybridized carbons (Fsp3) is 0.429. The number of ether oxygens (including phenoxy) is 1. The van der Waals surface area contributed by atoms with Crippen LogP contribution in [0, 0.1) is 23.6 Å². The van der Waals surface area contributed by atoms with Gasteiger partial charge in [-0.05, 0) is 74.0 Å². The highest BCUT2D eigenvalue weighted by Crippen LogP contribution is 2.54. The lowest BCUT2D eigenvalue weighted by atomic mass is 9.83. The standard InChI is InChI=1S/C28H28F7N3O3/c1-41-22-9-4-14(3-2-10-36)11-18(22)25(39)38-24-17-7-6-16(19(17)13-27(30,31)32)23(24)26(40)37-15-5-8-21(29)20(12-15)28(33,34)35/h4-5,8-9,11-13,16-17,23-24H,2-3,6-7,10,36H2,1H3,(H,37,40)(H,38,39)/b19-13-/t16-,17+,23-,24+/m0/s1. The third kappa shape index (κ3) is 6.66. The Hall–Kier alpha value is -3.61. The number of allylic oxidation sites excluding steroid dienone is 1. The summed E-state index contributed by atoms with van der Waals surface area (Å²) < 4.78 is 98.9. The molecule has 41 heavy (non-hydrogen) atoms. The van der Waals surface area contributed by atoms with Crippen LogP contribution in [-0.4, -0.2) is 37.7 Å². The zero-order valence-electron chi connectivity index (χ0n) is 21.8. The van der Waals surface area contributed by atoms with E-state index >= 15 is 0 Å². The molecule has 4 atom stereocenters. The van der Waals surface area contributed by atoms with Crippen LogP contribution in [0.5, 0.6) is 5.75 Å². The molecule has 0 saturated heterocycles. The summed E-state index contributed by atoms with van der Waals surface area (Å²) in [6, 6.07) is 5.70. The number of amides is 2. The summed E-state index contributed by atoms with van der Waals surface area (Å²) in [7, 11) is 1.35. The van der Waals surface area contributed by atoms with E-state index in [-0.39, 0.29) is 41.5 Å². The number of carbonyl (C=O) groups excluding carboxylic acids is 2.